The van der Waals surface area contributed by atoms with Gasteiger partial charge in [0.05, 0.1) is 10.7 Å². The summed E-state index contributed by atoms with van der Waals surface area (Å²) in [6.07, 6.45) is 0. The minimum absolute atomic E-state index is 0.708. The number of pyridine rings is 1. The van der Waals surface area contributed by atoms with Gasteiger partial charge in [-0.3, -0.25) is 4.90 Å². The van der Waals surface area contributed by atoms with E-state index in [0.717, 1.165) is 24.6 Å². The van der Waals surface area contributed by atoms with Gasteiger partial charge in [0.2, 0.25) is 0 Å². The molecule has 4 heteroatoms. The Hall–Kier alpha value is -1.58. The number of anilines is 1. The molecular weight excluding hydrogens is 270 g/mol. The van der Waals surface area contributed by atoms with Crippen LogP contribution in [0.4, 0.5) is 5.82 Å². The summed E-state index contributed by atoms with van der Waals surface area (Å²) in [5.74, 6) is 0.841. The molecule has 0 aliphatic heterocycles. The topological polar surface area (TPSA) is 28.2 Å². The van der Waals surface area contributed by atoms with E-state index in [0.29, 0.717) is 5.02 Å². The fourth-order valence-corrected chi connectivity index (χ4v) is 2.22. The predicted octanol–water partition coefficient (Wildman–Crippen LogP) is 3.72. The molecule has 0 aliphatic carbocycles. The van der Waals surface area contributed by atoms with Gasteiger partial charge in [-0.05, 0) is 31.7 Å². The van der Waals surface area contributed by atoms with Gasteiger partial charge >= 0.3 is 0 Å². The first-order valence-corrected chi connectivity index (χ1v) is 7.03. The van der Waals surface area contributed by atoms with Gasteiger partial charge in [-0.25, -0.2) is 4.98 Å². The molecule has 1 heterocycles. The lowest BCUT2D eigenvalue weighted by Crippen LogP contribution is -2.18. The minimum atomic E-state index is 0.708. The van der Waals surface area contributed by atoms with Crippen LogP contribution in [0.1, 0.15) is 16.8 Å². The van der Waals surface area contributed by atoms with Crippen LogP contribution in [0.5, 0.6) is 0 Å². The quantitative estimate of drug-likeness (QED) is 0.909. The van der Waals surface area contributed by atoms with Crippen LogP contribution in [0.3, 0.4) is 0 Å². The molecule has 1 aromatic carbocycles. The summed E-state index contributed by atoms with van der Waals surface area (Å²) in [5.41, 5.74) is 3.47. The number of halogens is 1. The van der Waals surface area contributed by atoms with Crippen LogP contribution in [-0.4, -0.2) is 24.0 Å². The second kappa shape index (κ2) is 6.73. The maximum Gasteiger partial charge on any atom is 0.126 e. The van der Waals surface area contributed by atoms with Crippen molar-refractivity contribution in [1.82, 2.24) is 9.88 Å². The van der Waals surface area contributed by atoms with Crippen molar-refractivity contribution in [2.24, 2.45) is 0 Å². The molecular formula is C16H20ClN3. The highest BCUT2D eigenvalue weighted by molar-refractivity contribution is 6.31. The summed E-state index contributed by atoms with van der Waals surface area (Å²) in [6.45, 7) is 3.70. The molecule has 1 aromatic heterocycles. The Balaban J connectivity index is 2.04. The van der Waals surface area contributed by atoms with Crippen LogP contribution >= 0.6 is 11.6 Å². The van der Waals surface area contributed by atoms with Gasteiger partial charge in [0.15, 0.2) is 0 Å². The molecule has 0 fully saturated rings. The second-order valence-corrected chi connectivity index (χ2v) is 5.44. The van der Waals surface area contributed by atoms with Crippen molar-refractivity contribution in [3.8, 4) is 0 Å². The van der Waals surface area contributed by atoms with Crippen molar-refractivity contribution in [2.75, 3.05) is 19.4 Å². The van der Waals surface area contributed by atoms with Crippen LogP contribution in [0.25, 0.3) is 0 Å². The van der Waals surface area contributed by atoms with E-state index >= 15 is 0 Å². The lowest BCUT2D eigenvalue weighted by atomic mass is 10.1. The van der Waals surface area contributed by atoms with Crippen LogP contribution in [0.15, 0.2) is 36.4 Å². The van der Waals surface area contributed by atoms with Gasteiger partial charge in [-0.15, -0.1) is 0 Å². The second-order valence-electron chi connectivity index (χ2n) is 5.03. The van der Waals surface area contributed by atoms with Crippen molar-refractivity contribution in [2.45, 2.75) is 20.0 Å². The van der Waals surface area contributed by atoms with Crippen LogP contribution in [-0.2, 0) is 13.1 Å². The summed E-state index contributed by atoms with van der Waals surface area (Å²) in [7, 11) is 3.93. The number of nitrogens with zero attached hydrogens (tertiary/aromatic N) is 2. The summed E-state index contributed by atoms with van der Waals surface area (Å²) in [4.78, 5) is 6.71. The van der Waals surface area contributed by atoms with Crippen LogP contribution in [0.2, 0.25) is 5.02 Å². The number of nitrogens with one attached hydrogen (secondary N) is 1. The number of hydrogen-bond donors (Lipinski definition) is 1. The lowest BCUT2D eigenvalue weighted by molar-refractivity contribution is 0.315. The van der Waals surface area contributed by atoms with E-state index in [9.17, 15) is 0 Å². The van der Waals surface area contributed by atoms with E-state index in [1.807, 2.05) is 19.2 Å². The fraction of sp³-hybridized carbons (Fsp3) is 0.312. The summed E-state index contributed by atoms with van der Waals surface area (Å²) < 4.78 is 0. The monoisotopic (exact) mass is 289 g/mol. The zero-order valence-electron chi connectivity index (χ0n) is 12.2. The van der Waals surface area contributed by atoms with Crippen molar-refractivity contribution in [3.63, 3.8) is 0 Å². The highest BCUT2D eigenvalue weighted by Gasteiger charge is 2.08. The number of aromatic nitrogens is 1. The fourth-order valence-electron chi connectivity index (χ4n) is 2.05. The summed E-state index contributed by atoms with van der Waals surface area (Å²) >= 11 is 6.20. The molecule has 0 saturated heterocycles. The van der Waals surface area contributed by atoms with E-state index in [1.165, 1.54) is 11.1 Å². The third-order valence-electron chi connectivity index (χ3n) is 3.17. The molecule has 3 nitrogen and oxygen atoms in total. The Labute approximate surface area is 125 Å². The van der Waals surface area contributed by atoms with Gasteiger partial charge in [0, 0.05) is 20.1 Å². The zero-order chi connectivity index (χ0) is 14.5. The SMILES string of the molecule is CNc1ccc(Cl)c(CN(C)Cc2ccc(C)cc2)n1. The van der Waals surface area contributed by atoms with Gasteiger partial charge in [-0.2, -0.15) is 0 Å². The maximum atomic E-state index is 6.20. The van der Waals surface area contributed by atoms with Crippen molar-refractivity contribution < 1.29 is 0 Å². The standard InChI is InChI=1S/C16H20ClN3/c1-12-4-6-13(7-5-12)10-20(3)11-15-14(17)8-9-16(18-2)19-15/h4-9H,10-11H2,1-3H3,(H,18,19). The first-order chi connectivity index (χ1) is 9.58. The molecule has 106 valence electrons. The molecule has 0 radical (unpaired) electrons. The van der Waals surface area contributed by atoms with Crippen molar-refractivity contribution >= 4 is 17.4 Å². The maximum absolute atomic E-state index is 6.20. The molecule has 2 aromatic rings. The molecule has 1 N–H and O–H groups in total. The Kier molecular flexibility index (Phi) is 4.99. The summed E-state index contributed by atoms with van der Waals surface area (Å²) in [5, 5.41) is 3.74. The number of benzene rings is 1. The van der Waals surface area contributed by atoms with Gasteiger partial charge in [0.1, 0.15) is 5.82 Å². The van der Waals surface area contributed by atoms with Crippen LogP contribution in [0, 0.1) is 6.92 Å². The first-order valence-electron chi connectivity index (χ1n) is 6.66. The number of hydrogen-bond acceptors (Lipinski definition) is 3. The molecule has 0 amide bonds. The Morgan fingerprint density at radius 3 is 2.45 bits per heavy atom. The van der Waals surface area contributed by atoms with E-state index in [-0.39, 0.29) is 0 Å². The number of rotatable bonds is 5. The Morgan fingerprint density at radius 2 is 1.80 bits per heavy atom. The third-order valence-corrected chi connectivity index (χ3v) is 3.51. The van der Waals surface area contributed by atoms with E-state index < -0.39 is 0 Å². The highest BCUT2D eigenvalue weighted by atomic mass is 35.5. The zero-order valence-corrected chi connectivity index (χ0v) is 12.9. The molecule has 0 saturated carbocycles. The molecule has 0 atom stereocenters. The average Bonchev–Trinajstić information content (AvgIpc) is 2.44. The van der Waals surface area contributed by atoms with Crippen LogP contribution < -0.4 is 5.32 Å². The molecule has 0 aliphatic rings. The van der Waals surface area contributed by atoms with Crippen molar-refractivity contribution in [3.05, 3.63) is 58.2 Å². The van der Waals surface area contributed by atoms with Gasteiger partial charge < -0.3 is 5.32 Å². The smallest absolute Gasteiger partial charge is 0.126 e. The molecule has 20 heavy (non-hydrogen) atoms. The lowest BCUT2D eigenvalue weighted by Gasteiger charge is -2.17. The largest absolute Gasteiger partial charge is 0.373 e. The van der Waals surface area contributed by atoms with Crippen molar-refractivity contribution in [1.29, 1.82) is 0 Å². The van der Waals surface area contributed by atoms with Gasteiger partial charge in [0.25, 0.3) is 0 Å². The third kappa shape index (κ3) is 3.95. The molecule has 2 rings (SSSR count). The number of aryl methyl sites for hydroxylation is 1. The predicted molar refractivity (Wildman–Crippen MR) is 85.1 cm³/mol. The molecule has 0 bridgehead atoms. The first kappa shape index (κ1) is 14.8. The Bertz CT molecular complexity index is 566. The normalized spacial score (nSPS) is 10.8. The Morgan fingerprint density at radius 1 is 1.10 bits per heavy atom. The highest BCUT2D eigenvalue weighted by Crippen LogP contribution is 2.18. The van der Waals surface area contributed by atoms with Gasteiger partial charge in [-0.1, -0.05) is 41.4 Å². The summed E-state index contributed by atoms with van der Waals surface area (Å²) in [6, 6.07) is 12.4. The van der Waals surface area contributed by atoms with E-state index in [1.54, 1.807) is 0 Å². The average molecular weight is 290 g/mol. The minimum Gasteiger partial charge on any atom is -0.373 e. The van der Waals surface area contributed by atoms with E-state index in [4.69, 9.17) is 11.6 Å². The molecule has 0 unspecified atom stereocenters. The van der Waals surface area contributed by atoms with E-state index in [2.05, 4.69) is 53.4 Å². The molecule has 0 spiro atoms.